The summed E-state index contributed by atoms with van der Waals surface area (Å²) in [6.45, 7) is 5.83. The summed E-state index contributed by atoms with van der Waals surface area (Å²) in [6, 6.07) is 12.3. The van der Waals surface area contributed by atoms with Gasteiger partial charge in [-0.3, -0.25) is 14.4 Å². The Hall–Kier alpha value is -3.22. The molecule has 0 saturated heterocycles. The van der Waals surface area contributed by atoms with E-state index in [0.717, 1.165) is 43.2 Å². The minimum atomic E-state index is -0.725. The van der Waals surface area contributed by atoms with Gasteiger partial charge in [0.1, 0.15) is 11.9 Å². The Kier molecular flexibility index (Phi) is 9.19. The van der Waals surface area contributed by atoms with E-state index in [1.54, 1.807) is 29.3 Å². The van der Waals surface area contributed by atoms with E-state index in [0.29, 0.717) is 5.82 Å². The van der Waals surface area contributed by atoms with Crippen molar-refractivity contribution in [1.29, 1.82) is 0 Å². The highest BCUT2D eigenvalue weighted by Crippen LogP contribution is 2.32. The van der Waals surface area contributed by atoms with Crippen molar-refractivity contribution in [2.75, 3.05) is 5.32 Å². The molecule has 0 radical (unpaired) electrons. The number of aryl methyl sites for hydroxylation is 1. The highest BCUT2D eigenvalue weighted by Gasteiger charge is 2.37. The molecule has 0 unspecified atom stereocenters. The molecular weight excluding hydrogens is 428 g/mol. The fourth-order valence-corrected chi connectivity index (χ4v) is 4.46. The Morgan fingerprint density at radius 1 is 1.00 bits per heavy atom. The summed E-state index contributed by atoms with van der Waals surface area (Å²) < 4.78 is 0. The first kappa shape index (κ1) is 25.4. The number of aromatic nitrogens is 1. The van der Waals surface area contributed by atoms with Crippen molar-refractivity contribution in [2.45, 2.75) is 83.8 Å². The summed E-state index contributed by atoms with van der Waals surface area (Å²) in [5.41, 5.74) is 1.88. The van der Waals surface area contributed by atoms with Crippen LogP contribution in [0.25, 0.3) is 0 Å². The van der Waals surface area contributed by atoms with Crippen molar-refractivity contribution in [2.24, 2.45) is 0 Å². The first-order valence-corrected chi connectivity index (χ1v) is 12.2. The highest BCUT2D eigenvalue weighted by molar-refractivity contribution is 5.94. The second kappa shape index (κ2) is 12.3. The number of amides is 3. The monoisotopic (exact) mass is 464 g/mol. The molecule has 0 aliphatic heterocycles. The van der Waals surface area contributed by atoms with Gasteiger partial charge < -0.3 is 15.5 Å². The maximum atomic E-state index is 13.6. The highest BCUT2D eigenvalue weighted by atomic mass is 16.2. The molecule has 2 N–H and O–H groups in total. The zero-order chi connectivity index (χ0) is 24.5. The molecule has 3 rings (SSSR count). The van der Waals surface area contributed by atoms with Gasteiger partial charge in [0.25, 0.3) is 0 Å². The Morgan fingerprint density at radius 2 is 1.71 bits per heavy atom. The van der Waals surface area contributed by atoms with Crippen LogP contribution < -0.4 is 10.6 Å². The molecule has 1 aromatic heterocycles. The largest absolute Gasteiger partial charge is 0.352 e. The molecule has 1 aromatic carbocycles. The van der Waals surface area contributed by atoms with Gasteiger partial charge in [-0.25, -0.2) is 4.98 Å². The van der Waals surface area contributed by atoms with E-state index in [4.69, 9.17) is 0 Å². The SMILES string of the molecule is Cc1ccc([C@@H](C(=O)NC(C)C)N(C(=O)CCC(=O)Nc2ccccn2)C2CCCCC2)cc1. The Labute approximate surface area is 202 Å². The van der Waals surface area contributed by atoms with Gasteiger partial charge in [-0.2, -0.15) is 0 Å². The maximum absolute atomic E-state index is 13.6. The molecule has 182 valence electrons. The van der Waals surface area contributed by atoms with E-state index in [1.165, 1.54) is 0 Å². The minimum Gasteiger partial charge on any atom is -0.352 e. The number of benzene rings is 1. The van der Waals surface area contributed by atoms with Crippen LogP contribution in [0.4, 0.5) is 5.82 Å². The van der Waals surface area contributed by atoms with Gasteiger partial charge >= 0.3 is 0 Å². The molecule has 34 heavy (non-hydrogen) atoms. The van der Waals surface area contributed by atoms with Crippen molar-refractivity contribution in [3.05, 3.63) is 59.8 Å². The van der Waals surface area contributed by atoms with Crippen molar-refractivity contribution < 1.29 is 14.4 Å². The van der Waals surface area contributed by atoms with Gasteiger partial charge in [-0.15, -0.1) is 0 Å². The first-order valence-electron chi connectivity index (χ1n) is 12.2. The molecule has 1 atom stereocenters. The molecule has 0 spiro atoms. The van der Waals surface area contributed by atoms with Crippen LogP contribution in [0.1, 0.15) is 76.0 Å². The summed E-state index contributed by atoms with van der Waals surface area (Å²) in [6.07, 6.45) is 6.59. The van der Waals surface area contributed by atoms with Crippen molar-refractivity contribution in [3.63, 3.8) is 0 Å². The lowest BCUT2D eigenvalue weighted by Gasteiger charge is -2.40. The number of hydrogen-bond donors (Lipinski definition) is 2. The van der Waals surface area contributed by atoms with Crippen LogP contribution >= 0.6 is 0 Å². The van der Waals surface area contributed by atoms with Crippen LogP contribution in [0.5, 0.6) is 0 Å². The van der Waals surface area contributed by atoms with Crippen LogP contribution in [0.2, 0.25) is 0 Å². The molecule has 1 fully saturated rings. The number of carbonyl (C=O) groups is 3. The van der Waals surface area contributed by atoms with E-state index >= 15 is 0 Å². The maximum Gasteiger partial charge on any atom is 0.247 e. The van der Waals surface area contributed by atoms with Crippen LogP contribution in [0.3, 0.4) is 0 Å². The van der Waals surface area contributed by atoms with Gasteiger partial charge in [0.05, 0.1) is 0 Å². The Balaban J connectivity index is 1.83. The molecular formula is C27H36N4O3. The summed E-state index contributed by atoms with van der Waals surface area (Å²) in [7, 11) is 0. The number of nitrogens with one attached hydrogen (secondary N) is 2. The van der Waals surface area contributed by atoms with Crippen LogP contribution in [-0.2, 0) is 14.4 Å². The molecule has 2 aromatic rings. The average Bonchev–Trinajstić information content (AvgIpc) is 2.82. The fourth-order valence-electron chi connectivity index (χ4n) is 4.46. The van der Waals surface area contributed by atoms with E-state index < -0.39 is 6.04 Å². The van der Waals surface area contributed by atoms with Crippen molar-refractivity contribution in [3.8, 4) is 0 Å². The van der Waals surface area contributed by atoms with Crippen molar-refractivity contribution >= 4 is 23.5 Å². The number of nitrogens with zero attached hydrogens (tertiary/aromatic N) is 2. The third-order valence-electron chi connectivity index (χ3n) is 6.10. The van der Waals surface area contributed by atoms with Crippen molar-refractivity contribution in [1.82, 2.24) is 15.2 Å². The zero-order valence-electron chi connectivity index (χ0n) is 20.4. The van der Waals surface area contributed by atoms with Crippen LogP contribution in [-0.4, -0.2) is 39.7 Å². The standard InChI is InChI=1S/C27H36N4O3/c1-19(2)29-27(34)26(21-14-12-20(3)13-15-21)31(22-9-5-4-6-10-22)25(33)17-16-24(32)30-23-11-7-8-18-28-23/h7-8,11-15,18-19,22,26H,4-6,9-10,16-17H2,1-3H3,(H,29,34)(H,28,30,32)/t26-/m0/s1. The third kappa shape index (κ3) is 7.14. The second-order valence-corrected chi connectivity index (χ2v) is 9.33. The van der Waals surface area contributed by atoms with Gasteiger partial charge in [-0.05, 0) is 51.3 Å². The predicted molar refractivity (Wildman–Crippen MR) is 133 cm³/mol. The van der Waals surface area contributed by atoms with Crippen LogP contribution in [0.15, 0.2) is 48.7 Å². The summed E-state index contributed by atoms with van der Waals surface area (Å²) in [5.74, 6) is -0.171. The van der Waals surface area contributed by atoms with E-state index in [1.807, 2.05) is 45.0 Å². The molecule has 1 saturated carbocycles. The van der Waals surface area contributed by atoms with Gasteiger partial charge in [0.2, 0.25) is 17.7 Å². The lowest BCUT2D eigenvalue weighted by Crippen LogP contribution is -2.50. The quantitative estimate of drug-likeness (QED) is 0.570. The number of anilines is 1. The molecule has 1 aliphatic carbocycles. The second-order valence-electron chi connectivity index (χ2n) is 9.33. The molecule has 3 amide bonds. The first-order chi connectivity index (χ1) is 16.3. The number of rotatable bonds is 9. The van der Waals surface area contributed by atoms with Crippen LogP contribution in [0, 0.1) is 6.92 Å². The smallest absolute Gasteiger partial charge is 0.247 e. The summed E-state index contributed by atoms with van der Waals surface area (Å²) >= 11 is 0. The number of carbonyl (C=O) groups excluding carboxylic acids is 3. The van der Waals surface area contributed by atoms with Gasteiger partial charge in [0, 0.05) is 31.1 Å². The fraction of sp³-hybridized carbons (Fsp3) is 0.481. The minimum absolute atomic E-state index is 0.0238. The molecule has 0 bridgehead atoms. The van der Waals surface area contributed by atoms with Gasteiger partial charge in [0.15, 0.2) is 0 Å². The van der Waals surface area contributed by atoms with E-state index in [2.05, 4.69) is 15.6 Å². The Morgan fingerprint density at radius 3 is 2.32 bits per heavy atom. The molecule has 1 aliphatic rings. The van der Waals surface area contributed by atoms with E-state index in [-0.39, 0.29) is 42.6 Å². The molecule has 7 nitrogen and oxygen atoms in total. The number of pyridine rings is 1. The lowest BCUT2D eigenvalue weighted by atomic mass is 9.90. The molecule has 7 heteroatoms. The summed E-state index contributed by atoms with van der Waals surface area (Å²) in [4.78, 5) is 45.4. The topological polar surface area (TPSA) is 91.4 Å². The zero-order valence-corrected chi connectivity index (χ0v) is 20.4. The number of hydrogen-bond acceptors (Lipinski definition) is 4. The average molecular weight is 465 g/mol. The normalized spacial score (nSPS) is 14.9. The van der Waals surface area contributed by atoms with Gasteiger partial charge in [-0.1, -0.05) is 55.2 Å². The summed E-state index contributed by atoms with van der Waals surface area (Å²) in [5, 5.41) is 5.74. The predicted octanol–water partition coefficient (Wildman–Crippen LogP) is 4.54. The third-order valence-corrected chi connectivity index (χ3v) is 6.10. The lowest BCUT2D eigenvalue weighted by molar-refractivity contribution is -0.145. The van der Waals surface area contributed by atoms with E-state index in [9.17, 15) is 14.4 Å². The molecule has 1 heterocycles. The Bertz CT molecular complexity index is 954.